The van der Waals surface area contributed by atoms with Crippen LogP contribution in [0.25, 0.3) is 0 Å². The van der Waals surface area contributed by atoms with Crippen molar-refractivity contribution in [1.29, 1.82) is 0 Å². The number of nitrogens with one attached hydrogen (secondary N) is 1. The number of rotatable bonds is 4. The van der Waals surface area contributed by atoms with Crippen molar-refractivity contribution in [1.82, 2.24) is 5.32 Å². The molecule has 0 bridgehead atoms. The Morgan fingerprint density at radius 1 is 1.29 bits per heavy atom. The predicted molar refractivity (Wildman–Crippen MR) is 49.3 cm³/mol. The maximum atomic E-state index is 12.5. The van der Waals surface area contributed by atoms with Crippen molar-refractivity contribution >= 4 is 11.8 Å². The van der Waals surface area contributed by atoms with Crippen molar-refractivity contribution < 1.29 is 17.6 Å². The summed E-state index contributed by atoms with van der Waals surface area (Å²) in [5, 5.41) is 2.50. The molecule has 1 N–H and O–H groups in total. The Bertz CT molecular complexity index is 171. The van der Waals surface area contributed by atoms with E-state index in [1.807, 2.05) is 0 Å². The second-order valence-electron chi connectivity index (χ2n) is 3.33. The van der Waals surface area contributed by atoms with Gasteiger partial charge in [0.25, 0.3) is 0 Å². The Labute approximate surface area is 84.6 Å². The smallest absolute Gasteiger partial charge is 0.308 e. The van der Waals surface area contributed by atoms with E-state index in [4.69, 9.17) is 0 Å². The summed E-state index contributed by atoms with van der Waals surface area (Å²) >= 11 is 1.76. The van der Waals surface area contributed by atoms with Gasteiger partial charge in [-0.1, -0.05) is 0 Å². The zero-order valence-electron chi connectivity index (χ0n) is 7.61. The molecule has 1 aliphatic rings. The maximum absolute atomic E-state index is 12.5. The van der Waals surface area contributed by atoms with Gasteiger partial charge in [0.15, 0.2) is 0 Å². The lowest BCUT2D eigenvalue weighted by Crippen LogP contribution is -2.44. The van der Waals surface area contributed by atoms with Gasteiger partial charge in [-0.2, -0.15) is 20.5 Å². The van der Waals surface area contributed by atoms with Crippen LogP contribution in [0.15, 0.2) is 0 Å². The van der Waals surface area contributed by atoms with Crippen LogP contribution >= 0.6 is 11.8 Å². The van der Waals surface area contributed by atoms with Crippen LogP contribution in [-0.4, -0.2) is 36.4 Å². The van der Waals surface area contributed by atoms with E-state index >= 15 is 0 Å². The van der Waals surface area contributed by atoms with Crippen molar-refractivity contribution in [2.24, 2.45) is 0 Å². The Kier molecular flexibility index (Phi) is 4.50. The number of hydrogen-bond donors (Lipinski definition) is 1. The molecule has 0 saturated carbocycles. The van der Waals surface area contributed by atoms with Crippen molar-refractivity contribution in [2.45, 2.75) is 31.2 Å². The summed E-state index contributed by atoms with van der Waals surface area (Å²) in [6.07, 6.45) is -2.01. The lowest BCUT2D eigenvalue weighted by Gasteiger charge is -2.25. The van der Waals surface area contributed by atoms with Crippen LogP contribution in [0.4, 0.5) is 17.6 Å². The molecule has 0 unspecified atom stereocenters. The van der Waals surface area contributed by atoms with E-state index in [9.17, 15) is 17.6 Å². The summed E-state index contributed by atoms with van der Waals surface area (Å²) in [7, 11) is 0. The summed E-state index contributed by atoms with van der Waals surface area (Å²) in [6, 6.07) is -0.0270. The normalized spacial score (nSPS) is 20.4. The van der Waals surface area contributed by atoms with Crippen LogP contribution in [-0.2, 0) is 0 Å². The number of alkyl halides is 4. The van der Waals surface area contributed by atoms with E-state index in [-0.39, 0.29) is 6.04 Å². The van der Waals surface area contributed by atoms with Gasteiger partial charge in [0, 0.05) is 6.04 Å². The van der Waals surface area contributed by atoms with Gasteiger partial charge in [-0.25, -0.2) is 8.78 Å². The van der Waals surface area contributed by atoms with Crippen LogP contribution in [0.3, 0.4) is 0 Å². The van der Waals surface area contributed by atoms with Gasteiger partial charge < -0.3 is 5.32 Å². The molecule has 0 aliphatic carbocycles. The number of thioether (sulfide) groups is 1. The SMILES string of the molecule is FC(F)C(F)(F)CNC1CCSCC1. The van der Waals surface area contributed by atoms with Crippen LogP contribution < -0.4 is 5.32 Å². The highest BCUT2D eigenvalue weighted by Gasteiger charge is 2.40. The van der Waals surface area contributed by atoms with E-state index in [1.54, 1.807) is 11.8 Å². The number of halogens is 4. The molecule has 6 heteroatoms. The highest BCUT2D eigenvalue weighted by Crippen LogP contribution is 2.23. The lowest BCUT2D eigenvalue weighted by atomic mass is 10.1. The monoisotopic (exact) mass is 231 g/mol. The molecule has 84 valence electrons. The molecule has 1 heterocycles. The minimum absolute atomic E-state index is 0.0270. The van der Waals surface area contributed by atoms with Gasteiger partial charge in [0.1, 0.15) is 0 Å². The molecule has 1 nitrogen and oxygen atoms in total. The minimum Gasteiger partial charge on any atom is -0.308 e. The predicted octanol–water partition coefficient (Wildman–Crippen LogP) is 2.37. The molecular weight excluding hydrogens is 218 g/mol. The highest BCUT2D eigenvalue weighted by atomic mass is 32.2. The summed E-state index contributed by atoms with van der Waals surface area (Å²) in [6.45, 7) is -0.917. The molecule has 0 radical (unpaired) electrons. The van der Waals surface area contributed by atoms with Crippen molar-refractivity contribution in [3.8, 4) is 0 Å². The highest BCUT2D eigenvalue weighted by molar-refractivity contribution is 7.99. The fourth-order valence-electron chi connectivity index (χ4n) is 1.26. The Balaban J connectivity index is 2.24. The second-order valence-corrected chi connectivity index (χ2v) is 4.55. The van der Waals surface area contributed by atoms with Gasteiger partial charge in [-0.3, -0.25) is 0 Å². The van der Waals surface area contributed by atoms with Crippen LogP contribution in [0, 0.1) is 0 Å². The second kappa shape index (κ2) is 5.21. The minimum atomic E-state index is -3.90. The third-order valence-electron chi connectivity index (χ3n) is 2.17. The first kappa shape index (κ1) is 12.1. The van der Waals surface area contributed by atoms with Crippen LogP contribution in [0.2, 0.25) is 0 Å². The first-order valence-electron chi connectivity index (χ1n) is 4.49. The standard InChI is InChI=1S/C8H13F4NS/c9-7(10)8(11,12)5-13-6-1-3-14-4-2-6/h6-7,13H,1-5H2. The van der Waals surface area contributed by atoms with Gasteiger partial charge in [-0.05, 0) is 24.3 Å². The van der Waals surface area contributed by atoms with Gasteiger partial charge in [-0.15, -0.1) is 0 Å². The van der Waals surface area contributed by atoms with E-state index in [0.717, 1.165) is 24.3 Å². The van der Waals surface area contributed by atoms with Crippen LogP contribution in [0.1, 0.15) is 12.8 Å². The molecule has 0 amide bonds. The molecule has 0 aromatic heterocycles. The van der Waals surface area contributed by atoms with Gasteiger partial charge in [0.05, 0.1) is 6.54 Å². The topological polar surface area (TPSA) is 12.0 Å². The molecule has 1 aliphatic heterocycles. The average molecular weight is 231 g/mol. The maximum Gasteiger partial charge on any atom is 0.319 e. The van der Waals surface area contributed by atoms with E-state index in [2.05, 4.69) is 5.32 Å². The summed E-state index contributed by atoms with van der Waals surface area (Å²) < 4.78 is 48.5. The Morgan fingerprint density at radius 2 is 1.86 bits per heavy atom. The zero-order chi connectivity index (χ0) is 10.6. The average Bonchev–Trinajstić information content (AvgIpc) is 2.16. The molecule has 0 atom stereocenters. The van der Waals surface area contributed by atoms with Crippen molar-refractivity contribution in [3.05, 3.63) is 0 Å². The third-order valence-corrected chi connectivity index (χ3v) is 3.22. The Morgan fingerprint density at radius 3 is 2.36 bits per heavy atom. The van der Waals surface area contributed by atoms with E-state index < -0.39 is 18.9 Å². The summed E-state index contributed by atoms with van der Waals surface area (Å²) in [5.41, 5.74) is 0. The molecule has 1 saturated heterocycles. The summed E-state index contributed by atoms with van der Waals surface area (Å²) in [5.74, 6) is -2.07. The molecule has 14 heavy (non-hydrogen) atoms. The molecule has 0 aromatic carbocycles. The quantitative estimate of drug-likeness (QED) is 0.745. The zero-order valence-corrected chi connectivity index (χ0v) is 8.43. The van der Waals surface area contributed by atoms with Gasteiger partial charge in [0.2, 0.25) is 0 Å². The van der Waals surface area contributed by atoms with Gasteiger partial charge >= 0.3 is 12.3 Å². The first-order chi connectivity index (χ1) is 6.52. The molecule has 0 aromatic rings. The van der Waals surface area contributed by atoms with E-state index in [1.165, 1.54) is 0 Å². The van der Waals surface area contributed by atoms with Crippen LogP contribution in [0.5, 0.6) is 0 Å². The molecule has 0 spiro atoms. The fourth-order valence-corrected chi connectivity index (χ4v) is 2.37. The lowest BCUT2D eigenvalue weighted by molar-refractivity contribution is -0.126. The first-order valence-corrected chi connectivity index (χ1v) is 5.65. The molecule has 1 fully saturated rings. The molecule has 1 rings (SSSR count). The molecular formula is C8H13F4NS. The largest absolute Gasteiger partial charge is 0.319 e. The van der Waals surface area contributed by atoms with E-state index in [0.29, 0.717) is 0 Å². The van der Waals surface area contributed by atoms with Crippen molar-refractivity contribution in [2.75, 3.05) is 18.1 Å². The Hall–Kier alpha value is 0.0300. The third kappa shape index (κ3) is 3.65. The number of hydrogen-bond acceptors (Lipinski definition) is 2. The fraction of sp³-hybridized carbons (Fsp3) is 1.00. The summed E-state index contributed by atoms with van der Waals surface area (Å²) in [4.78, 5) is 0. The van der Waals surface area contributed by atoms with Crippen molar-refractivity contribution in [3.63, 3.8) is 0 Å².